The van der Waals surface area contributed by atoms with Crippen LogP contribution < -0.4 is 0 Å². The summed E-state index contributed by atoms with van der Waals surface area (Å²) in [4.78, 5) is 8.97. The minimum absolute atomic E-state index is 0. The van der Waals surface area contributed by atoms with Gasteiger partial charge in [0.15, 0.2) is 0 Å². The number of unbranched alkanes of at least 4 members (excludes halogenated alkanes) is 13. The molecule has 2 aromatic heterocycles. The molecule has 0 N–H and O–H groups in total. The maximum absolute atomic E-state index is 4.51. The molecule has 0 saturated heterocycles. The summed E-state index contributed by atoms with van der Waals surface area (Å²) in [5, 5.41) is 0. The summed E-state index contributed by atoms with van der Waals surface area (Å²) < 4.78 is 0. The van der Waals surface area contributed by atoms with Gasteiger partial charge in [0.05, 0.1) is 11.4 Å². The molecule has 0 spiro atoms. The van der Waals surface area contributed by atoms with Gasteiger partial charge in [0.1, 0.15) is 0 Å². The minimum Gasteiger partial charge on any atom is -0.255 e. The second-order valence-electron chi connectivity index (χ2n) is 8.61. The van der Waals surface area contributed by atoms with Gasteiger partial charge in [0.25, 0.3) is 0 Å². The van der Waals surface area contributed by atoms with Crippen LogP contribution in [-0.4, -0.2) is 9.97 Å². The fourth-order valence-electron chi connectivity index (χ4n) is 3.97. The Morgan fingerprint density at radius 2 is 1.07 bits per heavy atom. The molecule has 2 rings (SSSR count). The summed E-state index contributed by atoms with van der Waals surface area (Å²) >= 11 is 0. The maximum atomic E-state index is 4.51. The number of nitrogens with zero attached hydrogens (tertiary/aromatic N) is 2. The van der Waals surface area contributed by atoms with Crippen molar-refractivity contribution in [3.8, 4) is 11.4 Å². The second-order valence-corrected chi connectivity index (χ2v) is 8.61. The normalized spacial score (nSPS) is 10.7. The van der Waals surface area contributed by atoms with Crippen molar-refractivity contribution < 1.29 is 19.5 Å². The zero-order valence-corrected chi connectivity index (χ0v) is 21.1. The molecule has 0 saturated carbocycles. The van der Waals surface area contributed by atoms with Crippen LogP contribution >= 0.6 is 0 Å². The molecule has 0 aliphatic rings. The number of rotatable bonds is 16. The molecular formula is C27H42N2Ru. The van der Waals surface area contributed by atoms with Gasteiger partial charge in [-0.05, 0) is 55.2 Å². The Balaban J connectivity index is 0.00000450. The van der Waals surface area contributed by atoms with Crippen LogP contribution in [0.1, 0.15) is 108 Å². The van der Waals surface area contributed by atoms with Crippen molar-refractivity contribution in [3.05, 3.63) is 47.8 Å². The largest absolute Gasteiger partial charge is 0.255 e. The van der Waals surface area contributed by atoms with Gasteiger partial charge in [-0.15, -0.1) is 0 Å². The number of aryl methyl sites for hydroxylation is 2. The van der Waals surface area contributed by atoms with Crippen molar-refractivity contribution in [1.29, 1.82) is 0 Å². The molecule has 3 heteroatoms. The van der Waals surface area contributed by atoms with Gasteiger partial charge in [0, 0.05) is 31.9 Å². The van der Waals surface area contributed by atoms with Crippen LogP contribution in [-0.2, 0) is 25.9 Å². The Kier molecular flexibility index (Phi) is 15.8. The van der Waals surface area contributed by atoms with Crippen molar-refractivity contribution in [2.45, 2.75) is 110 Å². The van der Waals surface area contributed by atoms with E-state index in [1.54, 1.807) is 0 Å². The molecule has 0 aliphatic heterocycles. The molecule has 2 nitrogen and oxygen atoms in total. The molecule has 0 aromatic carbocycles. The van der Waals surface area contributed by atoms with Gasteiger partial charge < -0.3 is 0 Å². The first-order valence-corrected chi connectivity index (χ1v) is 12.2. The number of aromatic nitrogens is 2. The van der Waals surface area contributed by atoms with Crippen LogP contribution in [0.4, 0.5) is 0 Å². The molecule has 0 bridgehead atoms. The van der Waals surface area contributed by atoms with Gasteiger partial charge in [-0.25, -0.2) is 0 Å². The Morgan fingerprint density at radius 1 is 0.600 bits per heavy atom. The van der Waals surface area contributed by atoms with Crippen molar-refractivity contribution in [3.63, 3.8) is 0 Å². The predicted octanol–water partition coefficient (Wildman–Crippen LogP) is 8.47. The van der Waals surface area contributed by atoms with Crippen molar-refractivity contribution in [2.24, 2.45) is 0 Å². The number of hydrogen-bond acceptors (Lipinski definition) is 2. The van der Waals surface area contributed by atoms with E-state index in [4.69, 9.17) is 0 Å². The predicted molar refractivity (Wildman–Crippen MR) is 126 cm³/mol. The third-order valence-corrected chi connectivity index (χ3v) is 5.82. The zero-order chi connectivity index (χ0) is 20.6. The van der Waals surface area contributed by atoms with Gasteiger partial charge >= 0.3 is 0 Å². The molecule has 0 amide bonds. The number of hydrogen-bond donors (Lipinski definition) is 0. The quantitative estimate of drug-likeness (QED) is 0.172. The van der Waals surface area contributed by atoms with E-state index in [9.17, 15) is 0 Å². The van der Waals surface area contributed by atoms with Crippen LogP contribution in [0.2, 0.25) is 0 Å². The van der Waals surface area contributed by atoms with Crippen LogP contribution in [0.5, 0.6) is 0 Å². The summed E-state index contributed by atoms with van der Waals surface area (Å²) in [5.41, 5.74) is 4.59. The second kappa shape index (κ2) is 17.6. The van der Waals surface area contributed by atoms with Gasteiger partial charge in [-0.2, -0.15) is 0 Å². The van der Waals surface area contributed by atoms with E-state index >= 15 is 0 Å². The average Bonchev–Trinajstić information content (AvgIpc) is 2.74. The van der Waals surface area contributed by atoms with E-state index in [1.807, 2.05) is 18.5 Å². The summed E-state index contributed by atoms with van der Waals surface area (Å²) in [6.45, 7) is 4.39. The third-order valence-electron chi connectivity index (χ3n) is 5.82. The number of pyridine rings is 2. The summed E-state index contributed by atoms with van der Waals surface area (Å²) in [6.07, 6.45) is 24.7. The Hall–Kier alpha value is -1.08. The fourth-order valence-corrected chi connectivity index (χ4v) is 3.97. The van der Waals surface area contributed by atoms with Gasteiger partial charge in [-0.1, -0.05) is 90.4 Å². The molecule has 0 aliphatic carbocycles. The smallest absolute Gasteiger partial charge is 0.0888 e. The first-order chi connectivity index (χ1) is 14.3. The van der Waals surface area contributed by atoms with E-state index in [0.717, 1.165) is 17.8 Å². The SMILES string of the molecule is CCCCCCCCCCCCCCCCc1ccnc(-c2cc(C)ccn2)c1.[Ru]. The molecule has 2 heterocycles. The topological polar surface area (TPSA) is 25.8 Å². The van der Waals surface area contributed by atoms with E-state index in [0.29, 0.717) is 0 Å². The Morgan fingerprint density at radius 3 is 1.60 bits per heavy atom. The standard InChI is InChI=1S/C27H42N2.Ru/c1-3-4-5-6-7-8-9-10-11-12-13-14-15-16-17-25-19-21-29-27(23-25)26-22-24(2)18-20-28-26;/h18-23H,3-17H2,1-2H3;. The molecule has 0 fully saturated rings. The van der Waals surface area contributed by atoms with Crippen molar-refractivity contribution in [2.75, 3.05) is 0 Å². The molecule has 30 heavy (non-hydrogen) atoms. The van der Waals surface area contributed by atoms with E-state index in [1.165, 1.54) is 101 Å². The van der Waals surface area contributed by atoms with Crippen LogP contribution in [0.25, 0.3) is 11.4 Å². The molecule has 0 atom stereocenters. The monoisotopic (exact) mass is 496 g/mol. The molecule has 0 radical (unpaired) electrons. The Bertz CT molecular complexity index is 671. The zero-order valence-electron chi connectivity index (χ0n) is 19.3. The summed E-state index contributed by atoms with van der Waals surface area (Å²) in [5.74, 6) is 0. The molecule has 2 aromatic rings. The fraction of sp³-hybridized carbons (Fsp3) is 0.630. The van der Waals surface area contributed by atoms with E-state index in [2.05, 4.69) is 42.0 Å². The van der Waals surface area contributed by atoms with Gasteiger partial charge in [0.2, 0.25) is 0 Å². The first-order valence-electron chi connectivity index (χ1n) is 12.2. The average molecular weight is 496 g/mol. The van der Waals surface area contributed by atoms with Crippen molar-refractivity contribution >= 4 is 0 Å². The van der Waals surface area contributed by atoms with Crippen molar-refractivity contribution in [1.82, 2.24) is 9.97 Å². The Labute approximate surface area is 198 Å². The van der Waals surface area contributed by atoms with Crippen LogP contribution in [0.3, 0.4) is 0 Å². The molecular weight excluding hydrogens is 453 g/mol. The van der Waals surface area contributed by atoms with Gasteiger partial charge in [-0.3, -0.25) is 9.97 Å². The molecule has 168 valence electrons. The minimum atomic E-state index is 0. The van der Waals surface area contributed by atoms with Crippen LogP contribution in [0.15, 0.2) is 36.7 Å². The molecule has 0 unspecified atom stereocenters. The first kappa shape index (κ1) is 27.0. The summed E-state index contributed by atoms with van der Waals surface area (Å²) in [7, 11) is 0. The third kappa shape index (κ3) is 11.9. The maximum Gasteiger partial charge on any atom is 0.0888 e. The van der Waals surface area contributed by atoms with E-state index < -0.39 is 0 Å². The van der Waals surface area contributed by atoms with E-state index in [-0.39, 0.29) is 19.5 Å². The summed E-state index contributed by atoms with van der Waals surface area (Å²) in [6, 6.07) is 8.51. The van der Waals surface area contributed by atoms with Crippen LogP contribution in [0, 0.1) is 6.92 Å².